The predicted molar refractivity (Wildman–Crippen MR) is 112 cm³/mol. The van der Waals surface area contributed by atoms with Gasteiger partial charge >= 0.3 is 0 Å². The minimum Gasteiger partial charge on any atom is -0.372 e. The SMILES string of the molecule is CC1CN(c2ccc(NC(=O)c3ccc(S(=O)(=O)CC(N)=O)cc3)cn2)CC(C)O1. The average Bonchev–Trinajstić information content (AvgIpc) is 2.67. The number of benzene rings is 1. The summed E-state index contributed by atoms with van der Waals surface area (Å²) in [5.41, 5.74) is 5.74. The quantitative estimate of drug-likeness (QED) is 0.701. The molecule has 1 aromatic heterocycles. The van der Waals surface area contributed by atoms with Crippen LogP contribution in [0.5, 0.6) is 0 Å². The number of hydrogen-bond donors (Lipinski definition) is 2. The summed E-state index contributed by atoms with van der Waals surface area (Å²) in [5.74, 6) is -1.32. The monoisotopic (exact) mass is 432 g/mol. The highest BCUT2D eigenvalue weighted by Crippen LogP contribution is 2.20. The van der Waals surface area contributed by atoms with Crippen LogP contribution in [0.15, 0.2) is 47.5 Å². The van der Waals surface area contributed by atoms with Crippen molar-refractivity contribution in [3.63, 3.8) is 0 Å². The fourth-order valence-corrected chi connectivity index (χ4v) is 4.39. The van der Waals surface area contributed by atoms with E-state index < -0.39 is 27.4 Å². The molecule has 9 nitrogen and oxygen atoms in total. The maximum absolute atomic E-state index is 12.4. The summed E-state index contributed by atoms with van der Waals surface area (Å²) in [5, 5.41) is 2.73. The molecule has 2 atom stereocenters. The first kappa shape index (κ1) is 21.7. The molecule has 2 heterocycles. The van der Waals surface area contributed by atoms with Crippen molar-refractivity contribution in [3.8, 4) is 0 Å². The number of nitrogens with one attached hydrogen (secondary N) is 1. The van der Waals surface area contributed by atoms with E-state index in [0.717, 1.165) is 18.9 Å². The van der Waals surface area contributed by atoms with Gasteiger partial charge in [-0.05, 0) is 50.2 Å². The Balaban J connectivity index is 1.65. The number of rotatable bonds is 6. The Morgan fingerprint density at radius 3 is 2.30 bits per heavy atom. The van der Waals surface area contributed by atoms with Crippen LogP contribution in [0.25, 0.3) is 0 Å². The molecule has 1 aliphatic heterocycles. The molecule has 0 radical (unpaired) electrons. The van der Waals surface area contributed by atoms with E-state index in [2.05, 4.69) is 15.2 Å². The lowest BCUT2D eigenvalue weighted by atomic mass is 10.2. The second-order valence-corrected chi connectivity index (χ2v) is 9.26. The Bertz CT molecular complexity index is 1010. The zero-order chi connectivity index (χ0) is 21.9. The molecule has 30 heavy (non-hydrogen) atoms. The first-order chi connectivity index (χ1) is 14.1. The third-order valence-corrected chi connectivity index (χ3v) is 6.21. The van der Waals surface area contributed by atoms with Crippen molar-refractivity contribution in [2.75, 3.05) is 29.1 Å². The number of nitrogens with zero attached hydrogens (tertiary/aromatic N) is 2. The van der Waals surface area contributed by atoms with Crippen LogP contribution < -0.4 is 16.0 Å². The van der Waals surface area contributed by atoms with Gasteiger partial charge in [0.2, 0.25) is 5.91 Å². The van der Waals surface area contributed by atoms with Crippen LogP contribution in [0.3, 0.4) is 0 Å². The van der Waals surface area contributed by atoms with E-state index in [0.29, 0.717) is 5.69 Å². The maximum Gasteiger partial charge on any atom is 0.255 e. The topological polar surface area (TPSA) is 132 Å². The van der Waals surface area contributed by atoms with E-state index in [4.69, 9.17) is 10.5 Å². The van der Waals surface area contributed by atoms with Crippen LogP contribution in [0.1, 0.15) is 24.2 Å². The van der Waals surface area contributed by atoms with Gasteiger partial charge in [0, 0.05) is 18.7 Å². The summed E-state index contributed by atoms with van der Waals surface area (Å²) >= 11 is 0. The molecule has 2 aromatic rings. The number of carbonyl (C=O) groups is 2. The van der Waals surface area contributed by atoms with Crippen molar-refractivity contribution < 1.29 is 22.7 Å². The third-order valence-electron chi connectivity index (χ3n) is 4.56. The van der Waals surface area contributed by atoms with Gasteiger partial charge in [0.05, 0.1) is 29.0 Å². The molecule has 1 fully saturated rings. The number of amides is 2. The summed E-state index contributed by atoms with van der Waals surface area (Å²) in [7, 11) is -3.81. The van der Waals surface area contributed by atoms with Crippen molar-refractivity contribution in [2.45, 2.75) is 31.0 Å². The molecule has 3 N–H and O–H groups in total. The smallest absolute Gasteiger partial charge is 0.255 e. The molecule has 2 unspecified atom stereocenters. The van der Waals surface area contributed by atoms with Gasteiger partial charge in [0.1, 0.15) is 11.6 Å². The molecule has 3 rings (SSSR count). The highest BCUT2D eigenvalue weighted by molar-refractivity contribution is 7.92. The number of primary amides is 1. The van der Waals surface area contributed by atoms with Crippen LogP contribution in [-0.4, -0.2) is 56.3 Å². The normalized spacial score (nSPS) is 19.3. The van der Waals surface area contributed by atoms with Gasteiger partial charge in [-0.1, -0.05) is 0 Å². The number of ether oxygens (including phenoxy) is 1. The van der Waals surface area contributed by atoms with Crippen molar-refractivity contribution in [2.24, 2.45) is 5.73 Å². The molecular formula is C20H24N4O5S. The fourth-order valence-electron chi connectivity index (χ4n) is 3.30. The Morgan fingerprint density at radius 2 is 1.77 bits per heavy atom. The molecule has 1 saturated heterocycles. The van der Waals surface area contributed by atoms with Gasteiger partial charge in [-0.3, -0.25) is 9.59 Å². The van der Waals surface area contributed by atoms with Crippen LogP contribution in [0.2, 0.25) is 0 Å². The summed E-state index contributed by atoms with van der Waals surface area (Å²) in [6, 6.07) is 8.89. The number of morpholine rings is 1. The van der Waals surface area contributed by atoms with Crippen LogP contribution >= 0.6 is 0 Å². The summed E-state index contributed by atoms with van der Waals surface area (Å²) in [6.45, 7) is 5.52. The van der Waals surface area contributed by atoms with Crippen molar-refractivity contribution in [1.82, 2.24) is 4.98 Å². The predicted octanol–water partition coefficient (Wildman–Crippen LogP) is 1.21. The van der Waals surface area contributed by atoms with Crippen LogP contribution in [-0.2, 0) is 19.4 Å². The number of aromatic nitrogens is 1. The van der Waals surface area contributed by atoms with E-state index in [1.165, 1.54) is 24.3 Å². The number of carbonyl (C=O) groups excluding carboxylic acids is 2. The minimum absolute atomic E-state index is 0.0714. The van der Waals surface area contributed by atoms with Gasteiger partial charge in [-0.2, -0.15) is 0 Å². The Labute approximate surface area is 175 Å². The number of pyridine rings is 1. The van der Waals surface area contributed by atoms with Crippen molar-refractivity contribution in [1.29, 1.82) is 0 Å². The molecule has 0 spiro atoms. The molecule has 10 heteroatoms. The number of nitrogens with two attached hydrogens (primary N) is 1. The second kappa shape index (κ2) is 8.80. The van der Waals surface area contributed by atoms with Gasteiger partial charge in [-0.15, -0.1) is 0 Å². The molecule has 1 aromatic carbocycles. The number of anilines is 2. The average molecular weight is 433 g/mol. The van der Waals surface area contributed by atoms with Gasteiger partial charge < -0.3 is 20.7 Å². The van der Waals surface area contributed by atoms with Gasteiger partial charge in [-0.25, -0.2) is 13.4 Å². The fraction of sp³-hybridized carbons (Fsp3) is 0.350. The lowest BCUT2D eigenvalue weighted by Crippen LogP contribution is -2.45. The Kier molecular flexibility index (Phi) is 6.37. The second-order valence-electron chi connectivity index (χ2n) is 7.27. The zero-order valence-corrected chi connectivity index (χ0v) is 17.6. The largest absolute Gasteiger partial charge is 0.372 e. The lowest BCUT2D eigenvalue weighted by molar-refractivity contribution is -0.115. The minimum atomic E-state index is -3.81. The molecule has 0 aliphatic carbocycles. The maximum atomic E-state index is 12.4. The van der Waals surface area contributed by atoms with Crippen LogP contribution in [0, 0.1) is 0 Å². The van der Waals surface area contributed by atoms with Crippen molar-refractivity contribution in [3.05, 3.63) is 48.2 Å². The molecule has 1 aliphatic rings. The summed E-state index contributed by atoms with van der Waals surface area (Å²) in [4.78, 5) is 29.8. The summed E-state index contributed by atoms with van der Waals surface area (Å²) < 4.78 is 29.7. The van der Waals surface area contributed by atoms with Gasteiger partial charge in [0.15, 0.2) is 9.84 Å². The van der Waals surface area contributed by atoms with E-state index in [1.54, 1.807) is 12.3 Å². The highest BCUT2D eigenvalue weighted by atomic mass is 32.2. The van der Waals surface area contributed by atoms with Crippen molar-refractivity contribution >= 4 is 33.2 Å². The zero-order valence-electron chi connectivity index (χ0n) is 16.7. The first-order valence-electron chi connectivity index (χ1n) is 9.43. The van der Waals surface area contributed by atoms with E-state index in [-0.39, 0.29) is 22.7 Å². The van der Waals surface area contributed by atoms with Gasteiger partial charge in [0.25, 0.3) is 5.91 Å². The first-order valence-corrected chi connectivity index (χ1v) is 11.1. The molecule has 2 amide bonds. The van der Waals surface area contributed by atoms with E-state index in [9.17, 15) is 18.0 Å². The summed E-state index contributed by atoms with van der Waals surface area (Å²) in [6.07, 6.45) is 1.80. The Morgan fingerprint density at radius 1 is 1.13 bits per heavy atom. The third kappa shape index (κ3) is 5.33. The molecule has 0 bridgehead atoms. The van der Waals surface area contributed by atoms with Crippen LogP contribution in [0.4, 0.5) is 11.5 Å². The Hall–Kier alpha value is -2.98. The standard InChI is InChI=1S/C20H24N4O5S/c1-13-10-24(11-14(2)29-13)19-8-5-16(9-22-19)23-20(26)15-3-6-17(7-4-15)30(27,28)12-18(21)25/h3-9,13-14H,10-12H2,1-2H3,(H2,21,25)(H,23,26). The lowest BCUT2D eigenvalue weighted by Gasteiger charge is -2.36. The van der Waals surface area contributed by atoms with E-state index in [1.807, 2.05) is 19.9 Å². The number of hydrogen-bond acceptors (Lipinski definition) is 7. The highest BCUT2D eigenvalue weighted by Gasteiger charge is 2.23. The molecular weight excluding hydrogens is 408 g/mol. The van der Waals surface area contributed by atoms with E-state index >= 15 is 0 Å². The molecule has 160 valence electrons. The molecule has 0 saturated carbocycles. The number of sulfone groups is 1.